The minimum absolute atomic E-state index is 0.147. The van der Waals surface area contributed by atoms with Crippen molar-refractivity contribution < 1.29 is 9.90 Å². The molecule has 0 amide bonds. The van der Waals surface area contributed by atoms with Crippen LogP contribution in [0.3, 0.4) is 0 Å². The first-order valence-corrected chi connectivity index (χ1v) is 6.87. The summed E-state index contributed by atoms with van der Waals surface area (Å²) < 4.78 is 0. The molecule has 1 saturated carbocycles. The highest BCUT2D eigenvalue weighted by Crippen LogP contribution is 2.34. The third-order valence-corrected chi connectivity index (χ3v) is 3.94. The summed E-state index contributed by atoms with van der Waals surface area (Å²) in [7, 11) is 0. The Morgan fingerprint density at radius 1 is 1.28 bits per heavy atom. The average molecular weight is 247 g/mol. The molecule has 0 bridgehead atoms. The van der Waals surface area contributed by atoms with Gasteiger partial charge in [0.2, 0.25) is 0 Å². The molecule has 1 heterocycles. The lowest BCUT2D eigenvalue weighted by molar-refractivity contribution is -0.137. The predicted octanol–water partition coefficient (Wildman–Crippen LogP) is 3.61. The molecule has 1 atom stereocenters. The number of aromatic nitrogens is 1. The summed E-state index contributed by atoms with van der Waals surface area (Å²) in [6, 6.07) is 3.91. The summed E-state index contributed by atoms with van der Waals surface area (Å²) >= 11 is 0. The molecule has 1 aliphatic carbocycles. The van der Waals surface area contributed by atoms with Gasteiger partial charge in [0, 0.05) is 12.4 Å². The molecular weight excluding hydrogens is 226 g/mol. The number of hydrogen-bond donors (Lipinski definition) is 1. The Morgan fingerprint density at radius 2 is 1.94 bits per heavy atom. The number of rotatable bonds is 5. The monoisotopic (exact) mass is 247 g/mol. The Labute approximate surface area is 108 Å². The highest BCUT2D eigenvalue weighted by atomic mass is 16.4. The molecular formula is C15H21NO2. The van der Waals surface area contributed by atoms with Crippen molar-refractivity contribution in [1.82, 2.24) is 4.98 Å². The second kappa shape index (κ2) is 6.53. The molecule has 1 unspecified atom stereocenters. The smallest absolute Gasteiger partial charge is 0.303 e. The number of pyridine rings is 1. The minimum Gasteiger partial charge on any atom is -0.481 e. The van der Waals surface area contributed by atoms with Crippen LogP contribution in [-0.2, 0) is 4.79 Å². The first kappa shape index (κ1) is 13.1. The van der Waals surface area contributed by atoms with Crippen LogP contribution in [0, 0.1) is 5.92 Å². The van der Waals surface area contributed by atoms with Crippen LogP contribution in [0.1, 0.15) is 56.4 Å². The topological polar surface area (TPSA) is 50.2 Å². The summed E-state index contributed by atoms with van der Waals surface area (Å²) in [6.07, 6.45) is 11.2. The number of carboxylic acid groups (broad SMARTS) is 1. The van der Waals surface area contributed by atoms with Crippen LogP contribution in [0.25, 0.3) is 0 Å². The largest absolute Gasteiger partial charge is 0.481 e. The molecule has 0 saturated heterocycles. The van der Waals surface area contributed by atoms with E-state index in [2.05, 4.69) is 4.98 Å². The van der Waals surface area contributed by atoms with E-state index in [1.165, 1.54) is 32.1 Å². The average Bonchev–Trinajstić information content (AvgIpc) is 2.40. The molecule has 3 heteroatoms. The molecule has 1 aromatic heterocycles. The van der Waals surface area contributed by atoms with E-state index in [0.717, 1.165) is 12.0 Å². The van der Waals surface area contributed by atoms with Crippen molar-refractivity contribution >= 4 is 5.97 Å². The fraction of sp³-hybridized carbons (Fsp3) is 0.600. The van der Waals surface area contributed by atoms with Crippen LogP contribution in [0.4, 0.5) is 0 Å². The van der Waals surface area contributed by atoms with Gasteiger partial charge in [-0.1, -0.05) is 32.1 Å². The lowest BCUT2D eigenvalue weighted by Gasteiger charge is -2.26. The van der Waals surface area contributed by atoms with E-state index in [1.54, 1.807) is 12.4 Å². The zero-order chi connectivity index (χ0) is 12.8. The molecule has 1 aromatic rings. The highest BCUT2D eigenvalue weighted by molar-refractivity contribution is 5.68. The van der Waals surface area contributed by atoms with Gasteiger partial charge < -0.3 is 5.11 Å². The van der Waals surface area contributed by atoms with E-state index in [9.17, 15) is 4.79 Å². The van der Waals surface area contributed by atoms with Crippen molar-refractivity contribution in [3.63, 3.8) is 0 Å². The Balaban J connectivity index is 2.02. The van der Waals surface area contributed by atoms with Crippen LogP contribution in [0.5, 0.6) is 0 Å². The minimum atomic E-state index is -0.701. The number of carboxylic acids is 1. The van der Waals surface area contributed by atoms with Gasteiger partial charge in [-0.2, -0.15) is 0 Å². The lowest BCUT2D eigenvalue weighted by Crippen LogP contribution is -2.14. The maximum atomic E-state index is 11.0. The fourth-order valence-electron chi connectivity index (χ4n) is 3.01. The molecule has 3 nitrogen and oxygen atoms in total. The summed E-state index contributed by atoms with van der Waals surface area (Å²) in [5.41, 5.74) is 1.12. The van der Waals surface area contributed by atoms with Gasteiger partial charge in [-0.25, -0.2) is 0 Å². The molecule has 0 aromatic carbocycles. The van der Waals surface area contributed by atoms with Gasteiger partial charge in [-0.3, -0.25) is 9.78 Å². The molecule has 1 fully saturated rings. The quantitative estimate of drug-likeness (QED) is 0.864. The molecule has 0 spiro atoms. The van der Waals surface area contributed by atoms with Crippen molar-refractivity contribution in [2.75, 3.05) is 0 Å². The second-order valence-electron chi connectivity index (χ2n) is 5.32. The van der Waals surface area contributed by atoms with E-state index in [1.807, 2.05) is 12.1 Å². The molecule has 1 N–H and O–H groups in total. The third-order valence-electron chi connectivity index (χ3n) is 3.94. The van der Waals surface area contributed by atoms with E-state index in [0.29, 0.717) is 5.92 Å². The van der Waals surface area contributed by atoms with Gasteiger partial charge in [-0.15, -0.1) is 0 Å². The van der Waals surface area contributed by atoms with Gasteiger partial charge in [0.25, 0.3) is 0 Å². The van der Waals surface area contributed by atoms with Gasteiger partial charge >= 0.3 is 5.97 Å². The summed E-state index contributed by atoms with van der Waals surface area (Å²) in [6.45, 7) is 0. The summed E-state index contributed by atoms with van der Waals surface area (Å²) in [5, 5.41) is 9.06. The molecule has 18 heavy (non-hydrogen) atoms. The van der Waals surface area contributed by atoms with Gasteiger partial charge in [0.05, 0.1) is 6.42 Å². The third kappa shape index (κ3) is 3.83. The SMILES string of the molecule is O=C(O)CC(CC1CCCCC1)c1ccncc1. The van der Waals surface area contributed by atoms with Gasteiger partial charge in [-0.05, 0) is 36.0 Å². The molecule has 1 aliphatic rings. The van der Waals surface area contributed by atoms with Crippen molar-refractivity contribution in [1.29, 1.82) is 0 Å². The Kier molecular flexibility index (Phi) is 4.73. The van der Waals surface area contributed by atoms with Crippen LogP contribution >= 0.6 is 0 Å². The number of carbonyl (C=O) groups is 1. The Bertz CT molecular complexity index is 371. The van der Waals surface area contributed by atoms with E-state index < -0.39 is 5.97 Å². The van der Waals surface area contributed by atoms with Crippen LogP contribution in [0.15, 0.2) is 24.5 Å². The van der Waals surface area contributed by atoms with Crippen molar-refractivity contribution in [2.24, 2.45) is 5.92 Å². The first-order chi connectivity index (χ1) is 8.75. The van der Waals surface area contributed by atoms with Gasteiger partial charge in [0.1, 0.15) is 0 Å². The molecule has 2 rings (SSSR count). The van der Waals surface area contributed by atoms with Gasteiger partial charge in [0.15, 0.2) is 0 Å². The van der Waals surface area contributed by atoms with Crippen molar-refractivity contribution in [3.05, 3.63) is 30.1 Å². The fourth-order valence-corrected chi connectivity index (χ4v) is 3.01. The van der Waals surface area contributed by atoms with Crippen LogP contribution < -0.4 is 0 Å². The van der Waals surface area contributed by atoms with Crippen LogP contribution in [0.2, 0.25) is 0 Å². The Morgan fingerprint density at radius 3 is 2.56 bits per heavy atom. The zero-order valence-corrected chi connectivity index (χ0v) is 10.7. The van der Waals surface area contributed by atoms with Crippen molar-refractivity contribution in [3.8, 4) is 0 Å². The molecule has 0 aliphatic heterocycles. The van der Waals surface area contributed by atoms with E-state index in [4.69, 9.17) is 5.11 Å². The predicted molar refractivity (Wildman–Crippen MR) is 70.4 cm³/mol. The molecule has 98 valence electrons. The number of hydrogen-bond acceptors (Lipinski definition) is 2. The Hall–Kier alpha value is -1.38. The highest BCUT2D eigenvalue weighted by Gasteiger charge is 2.22. The van der Waals surface area contributed by atoms with E-state index in [-0.39, 0.29) is 12.3 Å². The maximum Gasteiger partial charge on any atom is 0.303 e. The maximum absolute atomic E-state index is 11.0. The first-order valence-electron chi connectivity index (χ1n) is 6.87. The van der Waals surface area contributed by atoms with Crippen molar-refractivity contribution in [2.45, 2.75) is 50.9 Å². The normalized spacial score (nSPS) is 18.4. The zero-order valence-electron chi connectivity index (χ0n) is 10.7. The number of nitrogens with zero attached hydrogens (tertiary/aromatic N) is 1. The van der Waals surface area contributed by atoms with Crippen LogP contribution in [-0.4, -0.2) is 16.1 Å². The standard InChI is InChI=1S/C15H21NO2/c17-15(18)11-14(13-6-8-16-9-7-13)10-12-4-2-1-3-5-12/h6-9,12,14H,1-5,10-11H2,(H,17,18). The summed E-state index contributed by atoms with van der Waals surface area (Å²) in [4.78, 5) is 15.0. The van der Waals surface area contributed by atoms with E-state index >= 15 is 0 Å². The second-order valence-corrected chi connectivity index (χ2v) is 5.32. The molecule has 0 radical (unpaired) electrons. The lowest BCUT2D eigenvalue weighted by atomic mass is 9.79. The summed E-state index contributed by atoms with van der Waals surface area (Å²) in [5.74, 6) is 0.150. The number of aliphatic carboxylic acids is 1.